The van der Waals surface area contributed by atoms with Crippen molar-refractivity contribution >= 4 is 12.4 Å². The van der Waals surface area contributed by atoms with Crippen LogP contribution in [0.3, 0.4) is 0 Å². The maximum absolute atomic E-state index is 10.2. The molecule has 0 heterocycles. The molecule has 0 amide bonds. The number of phenolic OH excluding ortho intramolecular Hbond substituents is 1. The zero-order chi connectivity index (χ0) is 20.9. The molecule has 0 saturated heterocycles. The average molecular weight is 384 g/mol. The molecule has 0 unspecified atom stereocenters. The van der Waals surface area contributed by atoms with Gasteiger partial charge in [0.15, 0.2) is 11.5 Å². The van der Waals surface area contributed by atoms with Crippen LogP contribution < -0.4 is 4.74 Å². The standard InChI is InChI=1S/C22H28N2O4/c1-21(2,23-12-15-8-6-10-17(14-25)19(15)26)22(3,4)24-13-16-9-7-11-18(28-5)20(16)27/h6-13,25-27H,14H2,1-5H3. The Morgan fingerprint density at radius 2 is 1.36 bits per heavy atom. The number of benzene rings is 2. The summed E-state index contributed by atoms with van der Waals surface area (Å²) in [5, 5.41) is 29.7. The van der Waals surface area contributed by atoms with E-state index in [9.17, 15) is 15.3 Å². The second-order valence-electron chi connectivity index (χ2n) is 7.55. The van der Waals surface area contributed by atoms with Crippen LogP contribution in [-0.2, 0) is 6.61 Å². The number of aromatic hydroxyl groups is 2. The molecular formula is C22H28N2O4. The first-order valence-electron chi connectivity index (χ1n) is 9.01. The molecule has 2 rings (SSSR count). The predicted molar refractivity (Wildman–Crippen MR) is 112 cm³/mol. The molecule has 2 aromatic rings. The lowest BCUT2D eigenvalue weighted by Gasteiger charge is -2.35. The molecule has 0 atom stereocenters. The maximum atomic E-state index is 10.2. The molecule has 0 saturated carbocycles. The van der Waals surface area contributed by atoms with Gasteiger partial charge in [0.05, 0.1) is 24.8 Å². The summed E-state index contributed by atoms with van der Waals surface area (Å²) in [6.45, 7) is 7.54. The molecule has 0 spiro atoms. The number of nitrogens with zero attached hydrogens (tertiary/aromatic N) is 2. The summed E-state index contributed by atoms with van der Waals surface area (Å²) in [5.74, 6) is 0.446. The van der Waals surface area contributed by atoms with Crippen LogP contribution in [0.2, 0.25) is 0 Å². The Balaban J connectivity index is 2.28. The van der Waals surface area contributed by atoms with Gasteiger partial charge >= 0.3 is 0 Å². The van der Waals surface area contributed by atoms with Crippen LogP contribution in [0.15, 0.2) is 46.4 Å². The van der Waals surface area contributed by atoms with Crippen molar-refractivity contribution in [2.24, 2.45) is 9.98 Å². The van der Waals surface area contributed by atoms with Crippen molar-refractivity contribution in [3.05, 3.63) is 53.1 Å². The zero-order valence-electron chi connectivity index (χ0n) is 17.0. The summed E-state index contributed by atoms with van der Waals surface area (Å²) in [5.41, 5.74) is 0.320. The van der Waals surface area contributed by atoms with Crippen molar-refractivity contribution in [1.29, 1.82) is 0 Å². The lowest BCUT2D eigenvalue weighted by Crippen LogP contribution is -2.42. The molecule has 0 aliphatic rings. The van der Waals surface area contributed by atoms with Gasteiger partial charge in [-0.05, 0) is 45.9 Å². The molecule has 28 heavy (non-hydrogen) atoms. The fourth-order valence-electron chi connectivity index (χ4n) is 2.43. The van der Waals surface area contributed by atoms with E-state index in [4.69, 9.17) is 4.74 Å². The Morgan fingerprint density at radius 1 is 0.857 bits per heavy atom. The molecule has 0 aliphatic carbocycles. The molecule has 150 valence electrons. The molecule has 0 aliphatic heterocycles. The first-order chi connectivity index (χ1) is 13.1. The van der Waals surface area contributed by atoms with E-state index >= 15 is 0 Å². The van der Waals surface area contributed by atoms with E-state index < -0.39 is 11.1 Å². The first kappa shape index (κ1) is 21.4. The molecule has 0 aromatic heterocycles. The van der Waals surface area contributed by atoms with Crippen LogP contribution in [-0.4, -0.2) is 45.9 Å². The normalized spacial score (nSPS) is 12.8. The second kappa shape index (κ2) is 8.44. The number of ether oxygens (including phenoxy) is 1. The van der Waals surface area contributed by atoms with Gasteiger partial charge in [0, 0.05) is 29.1 Å². The fourth-order valence-corrected chi connectivity index (χ4v) is 2.43. The molecule has 0 radical (unpaired) electrons. The molecule has 3 N–H and O–H groups in total. The lowest BCUT2D eigenvalue weighted by atomic mass is 9.83. The first-order valence-corrected chi connectivity index (χ1v) is 9.01. The molecule has 6 nitrogen and oxygen atoms in total. The van der Waals surface area contributed by atoms with Crippen LogP contribution >= 0.6 is 0 Å². The minimum absolute atomic E-state index is 0.0205. The van der Waals surface area contributed by atoms with Crippen LogP contribution in [0.5, 0.6) is 17.2 Å². The predicted octanol–water partition coefficient (Wildman–Crippen LogP) is 3.69. The summed E-state index contributed by atoms with van der Waals surface area (Å²) in [6, 6.07) is 10.4. The number of aliphatic hydroxyl groups is 1. The Kier molecular flexibility index (Phi) is 6.46. The number of aliphatic imine (C=N–C) groups is 2. The SMILES string of the molecule is COc1cccc(C=NC(C)(C)C(C)(C)N=Cc2cccc(CO)c2O)c1O. The highest BCUT2D eigenvalue weighted by atomic mass is 16.5. The zero-order valence-corrected chi connectivity index (χ0v) is 17.0. The number of phenols is 2. The van der Waals surface area contributed by atoms with E-state index in [0.717, 1.165) is 0 Å². The Morgan fingerprint density at radius 3 is 1.86 bits per heavy atom. The minimum atomic E-state index is -0.611. The Hall–Kier alpha value is -2.86. The summed E-state index contributed by atoms with van der Waals surface area (Å²) < 4.78 is 5.13. The Bertz CT molecular complexity index is 813. The number of methoxy groups -OCH3 is 1. The topological polar surface area (TPSA) is 94.6 Å². The fraction of sp³-hybridized carbons (Fsp3) is 0.364. The molecule has 0 bridgehead atoms. The van der Waals surface area contributed by atoms with Gasteiger partial charge < -0.3 is 20.1 Å². The van der Waals surface area contributed by atoms with Crippen molar-refractivity contribution in [2.45, 2.75) is 45.4 Å². The van der Waals surface area contributed by atoms with Crippen molar-refractivity contribution in [1.82, 2.24) is 0 Å². The van der Waals surface area contributed by atoms with Crippen LogP contribution in [0, 0.1) is 0 Å². The molecular weight excluding hydrogens is 356 g/mol. The van der Waals surface area contributed by atoms with Gasteiger partial charge in [-0.2, -0.15) is 0 Å². The third-order valence-corrected chi connectivity index (χ3v) is 5.12. The number of hydrogen-bond acceptors (Lipinski definition) is 6. The third-order valence-electron chi connectivity index (χ3n) is 5.12. The number of rotatable bonds is 7. The van der Waals surface area contributed by atoms with Crippen molar-refractivity contribution < 1.29 is 20.1 Å². The van der Waals surface area contributed by atoms with E-state index in [1.165, 1.54) is 7.11 Å². The summed E-state index contributed by atoms with van der Waals surface area (Å²) in [6.07, 6.45) is 3.20. The van der Waals surface area contributed by atoms with E-state index in [2.05, 4.69) is 9.98 Å². The smallest absolute Gasteiger partial charge is 0.166 e. The molecule has 6 heteroatoms. The monoisotopic (exact) mass is 384 g/mol. The highest BCUT2D eigenvalue weighted by Gasteiger charge is 2.36. The van der Waals surface area contributed by atoms with Gasteiger partial charge in [0.2, 0.25) is 0 Å². The maximum Gasteiger partial charge on any atom is 0.166 e. The Labute approximate surface area is 165 Å². The minimum Gasteiger partial charge on any atom is -0.507 e. The number of hydrogen-bond donors (Lipinski definition) is 3. The van der Waals surface area contributed by atoms with Gasteiger partial charge in [0.25, 0.3) is 0 Å². The van der Waals surface area contributed by atoms with Crippen molar-refractivity contribution in [3.8, 4) is 17.2 Å². The van der Waals surface area contributed by atoms with Crippen LogP contribution in [0.25, 0.3) is 0 Å². The molecule has 0 fully saturated rings. The largest absolute Gasteiger partial charge is 0.507 e. The second-order valence-corrected chi connectivity index (χ2v) is 7.55. The highest BCUT2D eigenvalue weighted by Crippen LogP contribution is 2.32. The van der Waals surface area contributed by atoms with Crippen molar-refractivity contribution in [2.75, 3.05) is 7.11 Å². The van der Waals surface area contributed by atoms with Crippen molar-refractivity contribution in [3.63, 3.8) is 0 Å². The van der Waals surface area contributed by atoms with Gasteiger partial charge in [-0.25, -0.2) is 0 Å². The quantitative estimate of drug-likeness (QED) is 0.635. The van der Waals surface area contributed by atoms with Gasteiger partial charge in [-0.1, -0.05) is 18.2 Å². The van der Waals surface area contributed by atoms with E-state index in [1.54, 1.807) is 48.8 Å². The summed E-state index contributed by atoms with van der Waals surface area (Å²) in [7, 11) is 1.50. The third kappa shape index (κ3) is 4.51. The number of aliphatic hydroxyl groups excluding tert-OH is 1. The van der Waals surface area contributed by atoms with Gasteiger partial charge in [-0.3, -0.25) is 9.98 Å². The van der Waals surface area contributed by atoms with Gasteiger partial charge in [-0.15, -0.1) is 0 Å². The van der Waals surface area contributed by atoms with E-state index in [0.29, 0.717) is 22.4 Å². The van der Waals surface area contributed by atoms with E-state index in [1.807, 2.05) is 27.7 Å². The summed E-state index contributed by atoms with van der Waals surface area (Å²) in [4.78, 5) is 9.28. The van der Waals surface area contributed by atoms with E-state index in [-0.39, 0.29) is 18.1 Å². The lowest BCUT2D eigenvalue weighted by molar-refractivity contribution is 0.275. The molecule has 2 aromatic carbocycles. The summed E-state index contributed by atoms with van der Waals surface area (Å²) >= 11 is 0. The van der Waals surface area contributed by atoms with Crippen LogP contribution in [0.1, 0.15) is 44.4 Å². The average Bonchev–Trinajstić information content (AvgIpc) is 2.66. The van der Waals surface area contributed by atoms with Crippen LogP contribution in [0.4, 0.5) is 0 Å². The highest BCUT2D eigenvalue weighted by molar-refractivity contribution is 5.86. The number of para-hydroxylation sites is 2. The van der Waals surface area contributed by atoms with Gasteiger partial charge in [0.1, 0.15) is 5.75 Å².